The van der Waals surface area contributed by atoms with Crippen molar-refractivity contribution in [3.8, 4) is 5.88 Å². The van der Waals surface area contributed by atoms with Crippen LogP contribution in [0.25, 0.3) is 11.0 Å². The zero-order valence-corrected chi connectivity index (χ0v) is 17.8. The molecule has 3 heterocycles. The Morgan fingerprint density at radius 1 is 1.26 bits per heavy atom. The van der Waals surface area contributed by atoms with E-state index in [0.29, 0.717) is 22.9 Å². The standard InChI is InChI=1S/C22H23FN6O2/c1-13-10-14(2)25-20-18(13)22(27-29(20)4)31-12-17(30)26-19(21-24-8-9-28(21)3)15-6-5-7-16(23)11-15/h5-11,19H,12H2,1-4H3,(H,26,30). The number of carbonyl (C=O) groups is 1. The Morgan fingerprint density at radius 2 is 2.06 bits per heavy atom. The molecule has 0 radical (unpaired) electrons. The van der Waals surface area contributed by atoms with Crippen LogP contribution in [0.4, 0.5) is 4.39 Å². The van der Waals surface area contributed by atoms with Gasteiger partial charge in [-0.15, -0.1) is 5.10 Å². The Hall–Kier alpha value is -3.75. The maximum Gasteiger partial charge on any atom is 0.258 e. The number of aryl methyl sites for hydroxylation is 4. The van der Waals surface area contributed by atoms with Crippen LogP contribution in [0.5, 0.6) is 5.88 Å². The van der Waals surface area contributed by atoms with Crippen LogP contribution < -0.4 is 10.1 Å². The third kappa shape index (κ3) is 4.11. The van der Waals surface area contributed by atoms with Crippen molar-refractivity contribution in [1.82, 2.24) is 29.6 Å². The molecule has 3 aromatic heterocycles. The lowest BCUT2D eigenvalue weighted by Gasteiger charge is -2.19. The molecule has 1 N–H and O–H groups in total. The molecule has 0 aliphatic carbocycles. The number of ether oxygens (including phenoxy) is 1. The number of hydrogen-bond acceptors (Lipinski definition) is 5. The second kappa shape index (κ2) is 8.17. The smallest absolute Gasteiger partial charge is 0.258 e. The predicted octanol–water partition coefficient (Wildman–Crippen LogP) is 2.74. The van der Waals surface area contributed by atoms with E-state index in [1.807, 2.05) is 27.0 Å². The van der Waals surface area contributed by atoms with E-state index in [1.165, 1.54) is 12.1 Å². The van der Waals surface area contributed by atoms with E-state index >= 15 is 0 Å². The molecule has 0 spiro atoms. The largest absolute Gasteiger partial charge is 0.466 e. The summed E-state index contributed by atoms with van der Waals surface area (Å²) >= 11 is 0. The highest BCUT2D eigenvalue weighted by molar-refractivity contribution is 5.86. The van der Waals surface area contributed by atoms with E-state index in [-0.39, 0.29) is 18.3 Å². The summed E-state index contributed by atoms with van der Waals surface area (Å²) in [5.74, 6) is 0.156. The van der Waals surface area contributed by atoms with Gasteiger partial charge in [0.2, 0.25) is 5.88 Å². The molecule has 0 bridgehead atoms. The Bertz CT molecular complexity index is 1260. The number of carbonyl (C=O) groups excluding carboxylic acids is 1. The molecule has 0 saturated carbocycles. The third-order valence-corrected chi connectivity index (χ3v) is 5.03. The van der Waals surface area contributed by atoms with Gasteiger partial charge in [-0.25, -0.2) is 19.0 Å². The summed E-state index contributed by atoms with van der Waals surface area (Å²) in [4.78, 5) is 21.6. The molecule has 0 aliphatic rings. The van der Waals surface area contributed by atoms with Crippen LogP contribution in [0.1, 0.15) is 28.7 Å². The summed E-state index contributed by atoms with van der Waals surface area (Å²) in [7, 11) is 3.59. The van der Waals surface area contributed by atoms with Gasteiger partial charge in [0.1, 0.15) is 17.7 Å². The topological polar surface area (TPSA) is 86.9 Å². The average molecular weight is 422 g/mol. The Labute approximate surface area is 178 Å². The third-order valence-electron chi connectivity index (χ3n) is 5.03. The van der Waals surface area contributed by atoms with Gasteiger partial charge in [-0.3, -0.25) is 4.79 Å². The van der Waals surface area contributed by atoms with Crippen molar-refractivity contribution in [2.45, 2.75) is 19.9 Å². The van der Waals surface area contributed by atoms with Crippen LogP contribution in [0, 0.1) is 19.7 Å². The molecule has 9 heteroatoms. The molecule has 1 atom stereocenters. The van der Waals surface area contributed by atoms with Crippen molar-refractivity contribution in [3.63, 3.8) is 0 Å². The van der Waals surface area contributed by atoms with Crippen molar-refractivity contribution < 1.29 is 13.9 Å². The number of nitrogens with zero attached hydrogens (tertiary/aromatic N) is 5. The fourth-order valence-corrected chi connectivity index (χ4v) is 3.63. The van der Waals surface area contributed by atoms with Gasteiger partial charge in [0.05, 0.1) is 5.39 Å². The average Bonchev–Trinajstić information content (AvgIpc) is 3.27. The van der Waals surface area contributed by atoms with Gasteiger partial charge in [0.25, 0.3) is 5.91 Å². The summed E-state index contributed by atoms with van der Waals surface area (Å²) in [5, 5.41) is 8.02. The fourth-order valence-electron chi connectivity index (χ4n) is 3.63. The number of aromatic nitrogens is 5. The van der Waals surface area contributed by atoms with Crippen LogP contribution in [0.2, 0.25) is 0 Å². The summed E-state index contributed by atoms with van der Waals surface area (Å²) in [6.45, 7) is 3.61. The van der Waals surface area contributed by atoms with Crippen LogP contribution in [-0.4, -0.2) is 36.8 Å². The van der Waals surface area contributed by atoms with Gasteiger partial charge in [0, 0.05) is 32.2 Å². The number of pyridine rings is 1. The number of amides is 1. The first-order valence-corrected chi connectivity index (χ1v) is 9.79. The zero-order valence-electron chi connectivity index (χ0n) is 17.8. The van der Waals surface area contributed by atoms with E-state index < -0.39 is 6.04 Å². The van der Waals surface area contributed by atoms with Gasteiger partial charge in [0.15, 0.2) is 12.3 Å². The highest BCUT2D eigenvalue weighted by Gasteiger charge is 2.22. The molecule has 1 aromatic carbocycles. The van der Waals surface area contributed by atoms with E-state index in [1.54, 1.807) is 40.8 Å². The minimum atomic E-state index is -0.627. The first kappa shape index (κ1) is 20.5. The number of nitrogens with one attached hydrogen (secondary N) is 1. The normalized spacial score (nSPS) is 12.2. The number of imidazole rings is 1. The Kier molecular flexibility index (Phi) is 5.41. The molecule has 0 fully saturated rings. The van der Waals surface area contributed by atoms with Crippen molar-refractivity contribution in [3.05, 3.63) is 71.2 Å². The maximum absolute atomic E-state index is 13.8. The van der Waals surface area contributed by atoms with E-state index in [2.05, 4.69) is 20.4 Å². The summed E-state index contributed by atoms with van der Waals surface area (Å²) in [5.41, 5.74) is 3.13. The highest BCUT2D eigenvalue weighted by Crippen LogP contribution is 2.27. The molecule has 31 heavy (non-hydrogen) atoms. The number of benzene rings is 1. The molecule has 1 unspecified atom stereocenters. The second-order valence-corrected chi connectivity index (χ2v) is 7.45. The summed E-state index contributed by atoms with van der Waals surface area (Å²) in [6, 6.07) is 7.39. The predicted molar refractivity (Wildman–Crippen MR) is 113 cm³/mol. The second-order valence-electron chi connectivity index (χ2n) is 7.45. The number of fused-ring (bicyclic) bond motifs is 1. The molecule has 8 nitrogen and oxygen atoms in total. The maximum atomic E-state index is 13.8. The van der Waals surface area contributed by atoms with E-state index in [4.69, 9.17) is 4.74 Å². The van der Waals surface area contributed by atoms with Gasteiger partial charge >= 0.3 is 0 Å². The van der Waals surface area contributed by atoms with Crippen LogP contribution in [0.15, 0.2) is 42.7 Å². The highest BCUT2D eigenvalue weighted by atomic mass is 19.1. The molecule has 0 saturated heterocycles. The van der Waals surface area contributed by atoms with Crippen molar-refractivity contribution in [1.29, 1.82) is 0 Å². The summed E-state index contributed by atoms with van der Waals surface area (Å²) in [6.07, 6.45) is 3.39. The van der Waals surface area contributed by atoms with Gasteiger partial charge in [-0.2, -0.15) is 0 Å². The minimum Gasteiger partial charge on any atom is -0.466 e. The minimum absolute atomic E-state index is 0.254. The van der Waals surface area contributed by atoms with E-state index in [0.717, 1.165) is 16.6 Å². The fraction of sp³-hybridized carbons (Fsp3) is 0.273. The van der Waals surface area contributed by atoms with Crippen LogP contribution >= 0.6 is 0 Å². The first-order valence-electron chi connectivity index (χ1n) is 9.79. The monoisotopic (exact) mass is 422 g/mol. The van der Waals surface area contributed by atoms with Crippen molar-refractivity contribution >= 4 is 16.9 Å². The quantitative estimate of drug-likeness (QED) is 0.516. The molecule has 0 aliphatic heterocycles. The first-order chi connectivity index (χ1) is 14.8. The molecule has 160 valence electrons. The van der Waals surface area contributed by atoms with Gasteiger partial charge in [-0.05, 0) is 43.2 Å². The SMILES string of the molecule is Cc1cc(C)c2c(OCC(=O)NC(c3cccc(F)c3)c3nccn3C)nn(C)c2n1. The lowest BCUT2D eigenvalue weighted by atomic mass is 10.1. The van der Waals surface area contributed by atoms with Gasteiger partial charge < -0.3 is 14.6 Å². The van der Waals surface area contributed by atoms with Crippen molar-refractivity contribution in [2.75, 3.05) is 6.61 Å². The van der Waals surface area contributed by atoms with Crippen molar-refractivity contribution in [2.24, 2.45) is 14.1 Å². The number of rotatable bonds is 6. The lowest BCUT2D eigenvalue weighted by Crippen LogP contribution is -2.34. The molecule has 4 rings (SSSR count). The number of halogens is 1. The molecule has 4 aromatic rings. The Morgan fingerprint density at radius 3 is 2.77 bits per heavy atom. The Balaban J connectivity index is 1.56. The van der Waals surface area contributed by atoms with Crippen LogP contribution in [-0.2, 0) is 18.9 Å². The van der Waals surface area contributed by atoms with E-state index in [9.17, 15) is 9.18 Å². The summed E-state index contributed by atoms with van der Waals surface area (Å²) < 4.78 is 23.0. The molecular formula is C22H23FN6O2. The van der Waals surface area contributed by atoms with Crippen LogP contribution in [0.3, 0.4) is 0 Å². The zero-order chi connectivity index (χ0) is 22.1. The molecule has 1 amide bonds. The van der Waals surface area contributed by atoms with Gasteiger partial charge in [-0.1, -0.05) is 12.1 Å². The number of hydrogen-bond donors (Lipinski definition) is 1. The lowest BCUT2D eigenvalue weighted by molar-refractivity contribution is -0.123. The molecular weight excluding hydrogens is 399 g/mol.